The van der Waals surface area contributed by atoms with Crippen molar-refractivity contribution in [1.82, 2.24) is 10.2 Å². The van der Waals surface area contributed by atoms with E-state index in [-0.39, 0.29) is 29.7 Å². The van der Waals surface area contributed by atoms with Crippen LogP contribution in [0.25, 0.3) is 0 Å². The smallest absolute Gasteiger partial charge is 0.504 e. The molecule has 1 amide bonds. The van der Waals surface area contributed by atoms with Crippen LogP contribution in [0.15, 0.2) is 24.0 Å². The first-order valence-corrected chi connectivity index (χ1v) is 15.5. The summed E-state index contributed by atoms with van der Waals surface area (Å²) in [5, 5.41) is 25.5. The first-order valence-electron chi connectivity index (χ1n) is 15.5. The Balaban J connectivity index is 1.36. The van der Waals surface area contributed by atoms with Crippen molar-refractivity contribution in [2.75, 3.05) is 13.6 Å². The van der Waals surface area contributed by atoms with Gasteiger partial charge in [-0.05, 0) is 92.6 Å². The van der Waals surface area contributed by atoms with Crippen LogP contribution in [0.4, 0.5) is 4.79 Å². The number of likely N-dealkylation sites (tertiary alicyclic amines) is 1. The van der Waals surface area contributed by atoms with Crippen LogP contribution in [-0.2, 0) is 45.2 Å². The number of aromatic hydroxyl groups is 1. The Labute approximate surface area is 268 Å². The highest BCUT2D eigenvalue weighted by Crippen LogP contribution is 2.65. The maximum absolute atomic E-state index is 13.5. The lowest BCUT2D eigenvalue weighted by Gasteiger charge is -2.61. The number of phenols is 1. The van der Waals surface area contributed by atoms with Crippen LogP contribution >= 0.6 is 0 Å². The number of carbonyl (C=O) groups excluding carboxylic acids is 4. The average molecular weight is 645 g/mol. The maximum Gasteiger partial charge on any atom is 0.509 e. The van der Waals surface area contributed by atoms with E-state index < -0.39 is 70.9 Å². The van der Waals surface area contributed by atoms with Crippen LogP contribution in [-0.4, -0.2) is 93.8 Å². The van der Waals surface area contributed by atoms with Gasteiger partial charge >= 0.3 is 18.1 Å². The number of amides is 1. The number of nitrogens with zero attached hydrogens (tertiary/aromatic N) is 1. The average Bonchev–Trinajstić information content (AvgIpc) is 3.27. The Morgan fingerprint density at radius 3 is 2.43 bits per heavy atom. The summed E-state index contributed by atoms with van der Waals surface area (Å²) >= 11 is 0. The van der Waals surface area contributed by atoms with Gasteiger partial charge < -0.3 is 44.1 Å². The molecule has 5 rings (SSSR count). The molecule has 1 aromatic rings. The summed E-state index contributed by atoms with van der Waals surface area (Å²) in [5.41, 5.74) is -2.31. The lowest BCUT2D eigenvalue weighted by Crippen LogP contribution is -2.74. The van der Waals surface area contributed by atoms with Crippen molar-refractivity contribution in [1.29, 1.82) is 0 Å². The van der Waals surface area contributed by atoms with Gasteiger partial charge in [-0.25, -0.2) is 9.59 Å². The van der Waals surface area contributed by atoms with Gasteiger partial charge in [0.05, 0.1) is 17.4 Å². The zero-order valence-corrected chi connectivity index (χ0v) is 27.6. The van der Waals surface area contributed by atoms with Crippen molar-refractivity contribution in [3.63, 3.8) is 0 Å². The lowest BCUT2D eigenvalue weighted by molar-refractivity contribution is -0.170. The number of ether oxygens (including phenoxy) is 5. The van der Waals surface area contributed by atoms with Crippen molar-refractivity contribution in [3.05, 3.63) is 35.1 Å². The third-order valence-corrected chi connectivity index (χ3v) is 9.00. The van der Waals surface area contributed by atoms with E-state index in [4.69, 9.17) is 23.7 Å². The second kappa shape index (κ2) is 11.4. The molecule has 13 nitrogen and oxygen atoms in total. The fraction of sp³-hybridized carbons (Fsp3) is 0.636. The molecular formula is C33H44N2O11. The molecule has 0 saturated carbocycles. The predicted octanol–water partition coefficient (Wildman–Crippen LogP) is 2.77. The van der Waals surface area contributed by atoms with E-state index in [0.29, 0.717) is 19.4 Å². The number of carbonyl (C=O) groups is 4. The molecule has 46 heavy (non-hydrogen) atoms. The van der Waals surface area contributed by atoms with Gasteiger partial charge in [0.25, 0.3) is 5.91 Å². The highest BCUT2D eigenvalue weighted by atomic mass is 16.7. The van der Waals surface area contributed by atoms with Gasteiger partial charge in [-0.3, -0.25) is 9.59 Å². The summed E-state index contributed by atoms with van der Waals surface area (Å²) in [7, 11) is 1.97. The van der Waals surface area contributed by atoms with Gasteiger partial charge in [-0.15, -0.1) is 0 Å². The normalized spacial score (nSPS) is 27.6. The van der Waals surface area contributed by atoms with Crippen LogP contribution in [0.5, 0.6) is 11.5 Å². The van der Waals surface area contributed by atoms with E-state index >= 15 is 0 Å². The summed E-state index contributed by atoms with van der Waals surface area (Å²) in [4.78, 5) is 53.8. The third kappa shape index (κ3) is 5.90. The Morgan fingerprint density at radius 1 is 1.11 bits per heavy atom. The summed E-state index contributed by atoms with van der Waals surface area (Å²) in [6, 6.07) is 1.71. The first-order chi connectivity index (χ1) is 21.3. The molecule has 252 valence electrons. The Kier molecular flexibility index (Phi) is 8.34. The zero-order valence-electron chi connectivity index (χ0n) is 27.6. The van der Waals surface area contributed by atoms with E-state index in [9.17, 15) is 29.4 Å². The van der Waals surface area contributed by atoms with Crippen LogP contribution < -0.4 is 10.1 Å². The fourth-order valence-corrected chi connectivity index (χ4v) is 7.10. The second-order valence-corrected chi connectivity index (χ2v) is 14.6. The number of esters is 2. The Hall–Kier alpha value is -3.84. The number of hydrogen-bond donors (Lipinski definition) is 3. The molecule has 1 spiro atoms. The van der Waals surface area contributed by atoms with E-state index in [2.05, 4.69) is 10.2 Å². The standard InChI is InChI=1S/C33H44N2O11/c1-17(42-29(40)46-31(5,6)7)27(38)34-19(28(39)45-30(2,3)4)16-23(37)43-21-11-12-33(41)22-15-18-9-10-20(36)25-24(18)32(33,26(21)44-25)13-14-35(22)8/h9-11,17,19,22,26,36,41H,12-16H2,1-8H3,(H,34,38)/t17?,19?,22-,26+,32+,33-/m1/s1. The predicted molar refractivity (Wildman–Crippen MR) is 162 cm³/mol. The molecule has 2 aliphatic carbocycles. The number of rotatable bonds is 7. The molecule has 1 saturated heterocycles. The molecule has 4 aliphatic rings. The van der Waals surface area contributed by atoms with Crippen molar-refractivity contribution >= 4 is 24.0 Å². The Morgan fingerprint density at radius 2 is 1.78 bits per heavy atom. The van der Waals surface area contributed by atoms with Crippen molar-refractivity contribution < 1.29 is 53.1 Å². The minimum absolute atomic E-state index is 0.0663. The molecular weight excluding hydrogens is 600 g/mol. The number of benzene rings is 1. The van der Waals surface area contributed by atoms with Crippen LogP contribution in [0.3, 0.4) is 0 Å². The molecule has 13 heteroatoms. The quantitative estimate of drug-likeness (QED) is 0.294. The van der Waals surface area contributed by atoms with Gasteiger partial charge in [0.1, 0.15) is 23.0 Å². The summed E-state index contributed by atoms with van der Waals surface area (Å²) < 4.78 is 27.8. The molecule has 2 heterocycles. The number of piperidine rings is 1. The van der Waals surface area contributed by atoms with Crippen LogP contribution in [0, 0.1) is 0 Å². The van der Waals surface area contributed by atoms with Gasteiger partial charge in [-0.2, -0.15) is 0 Å². The largest absolute Gasteiger partial charge is 0.509 e. The van der Waals surface area contributed by atoms with Crippen molar-refractivity contribution in [3.8, 4) is 11.5 Å². The zero-order chi connectivity index (χ0) is 34.0. The minimum atomic E-state index is -1.48. The lowest BCUT2D eigenvalue weighted by atomic mass is 9.50. The van der Waals surface area contributed by atoms with E-state index in [1.165, 1.54) is 6.92 Å². The maximum atomic E-state index is 13.5. The van der Waals surface area contributed by atoms with E-state index in [0.717, 1.165) is 11.1 Å². The molecule has 2 unspecified atom stereocenters. The highest BCUT2D eigenvalue weighted by molar-refractivity contribution is 5.90. The summed E-state index contributed by atoms with van der Waals surface area (Å²) in [5.74, 6) is -2.26. The van der Waals surface area contributed by atoms with Gasteiger partial charge in [0.2, 0.25) is 0 Å². The minimum Gasteiger partial charge on any atom is -0.504 e. The molecule has 6 atom stereocenters. The molecule has 1 aromatic carbocycles. The van der Waals surface area contributed by atoms with Crippen molar-refractivity contribution in [2.45, 2.75) is 121 Å². The van der Waals surface area contributed by atoms with Crippen molar-refractivity contribution in [2.24, 2.45) is 0 Å². The van der Waals surface area contributed by atoms with Gasteiger partial charge in [0.15, 0.2) is 23.7 Å². The first kappa shape index (κ1) is 33.5. The molecule has 2 aliphatic heterocycles. The monoisotopic (exact) mass is 644 g/mol. The molecule has 0 aromatic heterocycles. The van der Waals surface area contributed by atoms with Crippen LogP contribution in [0.2, 0.25) is 0 Å². The highest BCUT2D eigenvalue weighted by Gasteiger charge is 2.72. The van der Waals surface area contributed by atoms with Crippen LogP contribution in [0.1, 0.15) is 78.9 Å². The molecule has 3 N–H and O–H groups in total. The SMILES string of the molecule is CC(OC(=O)OC(C)(C)C)C(=O)NC(CC(=O)OC1=CC[C@@]2(O)[C@H]3Cc4ccc(O)c5c4[C@@]2(CCN3C)[C@H]1O5)C(=O)OC(C)(C)C. The number of hydrogen-bond acceptors (Lipinski definition) is 12. The number of likely N-dealkylation sites (N-methyl/N-ethyl adjacent to an activating group) is 1. The summed E-state index contributed by atoms with van der Waals surface area (Å²) in [6.07, 6.45) is -1.10. The topological polar surface area (TPSA) is 170 Å². The van der Waals surface area contributed by atoms with Gasteiger partial charge in [0, 0.05) is 18.0 Å². The van der Waals surface area contributed by atoms with Gasteiger partial charge in [-0.1, -0.05) is 6.07 Å². The second-order valence-electron chi connectivity index (χ2n) is 14.6. The van der Waals surface area contributed by atoms with E-state index in [1.807, 2.05) is 13.1 Å². The number of aliphatic hydroxyl groups is 1. The third-order valence-electron chi connectivity index (χ3n) is 9.00. The van der Waals surface area contributed by atoms with E-state index in [1.54, 1.807) is 53.7 Å². The number of phenolic OH excluding ortho intramolecular Hbond substituents is 1. The molecule has 1 fully saturated rings. The molecule has 2 bridgehead atoms. The fourth-order valence-electron chi connectivity index (χ4n) is 7.10. The summed E-state index contributed by atoms with van der Waals surface area (Å²) in [6.45, 7) is 11.8. The molecule has 0 radical (unpaired) electrons. The number of nitrogens with one attached hydrogen (secondary N) is 1. The Bertz CT molecular complexity index is 1470.